The summed E-state index contributed by atoms with van der Waals surface area (Å²) in [5.74, 6) is 1.57. The van der Waals surface area contributed by atoms with Crippen molar-refractivity contribution < 1.29 is 9.53 Å². The topological polar surface area (TPSA) is 127 Å². The third-order valence-electron chi connectivity index (χ3n) is 6.37. The van der Waals surface area contributed by atoms with Gasteiger partial charge in [-0.05, 0) is 50.4 Å². The highest BCUT2D eigenvalue weighted by Gasteiger charge is 2.22. The van der Waals surface area contributed by atoms with Crippen molar-refractivity contribution in [3.8, 4) is 17.2 Å². The number of nitrogens with one attached hydrogen (secondary N) is 3. The Morgan fingerprint density at radius 3 is 2.49 bits per heavy atom. The highest BCUT2D eigenvalue weighted by atomic mass is 32.2. The number of carbonyl (C=O) groups excluding carboxylic acids is 1. The molecule has 210 valence electrons. The van der Waals surface area contributed by atoms with E-state index in [2.05, 4.69) is 46.4 Å². The lowest BCUT2D eigenvalue weighted by molar-refractivity contribution is 0.262. The summed E-state index contributed by atoms with van der Waals surface area (Å²) < 4.78 is 7.86. The van der Waals surface area contributed by atoms with Crippen molar-refractivity contribution in [1.29, 1.82) is 0 Å². The van der Waals surface area contributed by atoms with Crippen LogP contribution in [0, 0.1) is 13.8 Å². The van der Waals surface area contributed by atoms with Crippen molar-refractivity contribution in [3.63, 3.8) is 0 Å². The molecule has 0 aliphatic carbocycles. The molecule has 2 amide bonds. The minimum atomic E-state index is -0.397. The summed E-state index contributed by atoms with van der Waals surface area (Å²) in [6.07, 6.45) is 3.47. The first-order valence-corrected chi connectivity index (χ1v) is 14.2. The Kier molecular flexibility index (Phi) is 7.55. The number of carbonyl (C=O) groups is 1. The molecule has 0 saturated heterocycles. The molecular formula is C30H31N7O3S. The van der Waals surface area contributed by atoms with E-state index in [1.807, 2.05) is 49.6 Å². The van der Waals surface area contributed by atoms with E-state index in [0.717, 1.165) is 21.8 Å². The summed E-state index contributed by atoms with van der Waals surface area (Å²) in [6, 6.07) is 16.5. The lowest BCUT2D eigenvalue weighted by Gasteiger charge is -2.14. The Morgan fingerprint density at radius 1 is 1.02 bits per heavy atom. The van der Waals surface area contributed by atoms with Crippen LogP contribution in [0.3, 0.4) is 0 Å². The van der Waals surface area contributed by atoms with Crippen LogP contribution in [-0.2, 0) is 5.41 Å². The Labute approximate surface area is 241 Å². The lowest BCUT2D eigenvalue weighted by Crippen LogP contribution is -2.21. The number of urea groups is 1. The van der Waals surface area contributed by atoms with E-state index in [9.17, 15) is 9.59 Å². The lowest BCUT2D eigenvalue weighted by atomic mass is 9.92. The molecule has 5 rings (SSSR count). The van der Waals surface area contributed by atoms with Crippen molar-refractivity contribution in [2.75, 3.05) is 16.9 Å². The predicted octanol–water partition coefficient (Wildman–Crippen LogP) is 6.58. The number of thioether (sulfide) groups is 1. The van der Waals surface area contributed by atoms with Crippen LogP contribution >= 0.6 is 11.8 Å². The second-order valence-electron chi connectivity index (χ2n) is 10.6. The van der Waals surface area contributed by atoms with Crippen LogP contribution in [0.2, 0.25) is 0 Å². The molecule has 0 aliphatic rings. The SMILES string of the molecule is CSc1cc(Oc2ccnc3[nH]c(=O)c(C)nc23)ccc1NC(=O)Nc1cc(C(C)(C)C)nn1-c1ccc(C)cc1. The Bertz CT molecular complexity index is 1800. The molecule has 0 saturated carbocycles. The van der Waals surface area contributed by atoms with Gasteiger partial charge >= 0.3 is 6.03 Å². The second-order valence-corrected chi connectivity index (χ2v) is 11.5. The Balaban J connectivity index is 1.38. The summed E-state index contributed by atoms with van der Waals surface area (Å²) in [5, 5.41) is 10.7. The van der Waals surface area contributed by atoms with Gasteiger partial charge < -0.3 is 15.0 Å². The van der Waals surface area contributed by atoms with Gasteiger partial charge in [-0.25, -0.2) is 19.4 Å². The van der Waals surface area contributed by atoms with Crippen LogP contribution in [0.25, 0.3) is 16.9 Å². The number of anilines is 2. The molecule has 2 aromatic carbocycles. The number of pyridine rings is 1. The normalized spacial score (nSPS) is 11.5. The number of hydrogen-bond donors (Lipinski definition) is 3. The number of H-pyrrole nitrogens is 1. The summed E-state index contributed by atoms with van der Waals surface area (Å²) in [7, 11) is 0. The third kappa shape index (κ3) is 6.09. The van der Waals surface area contributed by atoms with Gasteiger partial charge in [0.15, 0.2) is 11.4 Å². The van der Waals surface area contributed by atoms with Crippen molar-refractivity contribution in [3.05, 3.63) is 88.1 Å². The molecule has 0 bridgehead atoms. The molecule has 0 spiro atoms. The zero-order valence-electron chi connectivity index (χ0n) is 23.7. The standard InChI is InChI=1S/C30H31N7O3S/c1-17-7-9-19(10-8-17)37-25(16-24(36-37)30(3,4)5)34-29(39)33-21-12-11-20(15-23(21)41-6)40-22-13-14-31-27-26(22)32-18(2)28(38)35-27/h7-16H,1-6H3,(H,31,35,38)(H2,33,34,39). The summed E-state index contributed by atoms with van der Waals surface area (Å²) in [5.41, 5.74) is 4.10. The number of fused-ring (bicyclic) bond motifs is 1. The predicted molar refractivity (Wildman–Crippen MR) is 163 cm³/mol. The Hall–Kier alpha value is -4.64. The highest BCUT2D eigenvalue weighted by molar-refractivity contribution is 7.98. The average Bonchev–Trinajstić information content (AvgIpc) is 3.35. The fourth-order valence-electron chi connectivity index (χ4n) is 4.09. The van der Waals surface area contributed by atoms with E-state index >= 15 is 0 Å². The molecule has 3 heterocycles. The number of amides is 2. The minimum absolute atomic E-state index is 0.200. The largest absolute Gasteiger partial charge is 0.455 e. The molecule has 0 aliphatic heterocycles. The molecule has 41 heavy (non-hydrogen) atoms. The molecule has 3 aromatic heterocycles. The zero-order valence-corrected chi connectivity index (χ0v) is 24.5. The number of aromatic amines is 1. The number of ether oxygens (including phenoxy) is 1. The summed E-state index contributed by atoms with van der Waals surface area (Å²) in [4.78, 5) is 37.2. The van der Waals surface area contributed by atoms with Gasteiger partial charge in [-0.2, -0.15) is 5.10 Å². The van der Waals surface area contributed by atoms with Crippen LogP contribution in [-0.4, -0.2) is 37.0 Å². The second kappa shape index (κ2) is 11.1. The summed E-state index contributed by atoms with van der Waals surface area (Å²) in [6.45, 7) is 9.90. The molecule has 5 aromatic rings. The van der Waals surface area contributed by atoms with Gasteiger partial charge in [-0.1, -0.05) is 38.5 Å². The maximum atomic E-state index is 13.2. The molecule has 0 fully saturated rings. The van der Waals surface area contributed by atoms with Gasteiger partial charge in [0.25, 0.3) is 5.56 Å². The van der Waals surface area contributed by atoms with Gasteiger partial charge in [0.1, 0.15) is 22.8 Å². The molecule has 0 radical (unpaired) electrons. The van der Waals surface area contributed by atoms with Gasteiger partial charge in [0, 0.05) is 28.6 Å². The number of aromatic nitrogens is 5. The quantitative estimate of drug-likeness (QED) is 0.197. The van der Waals surface area contributed by atoms with Gasteiger partial charge in [-0.15, -0.1) is 11.8 Å². The number of nitrogens with zero attached hydrogens (tertiary/aromatic N) is 4. The van der Waals surface area contributed by atoms with Crippen LogP contribution in [0.4, 0.5) is 16.3 Å². The number of rotatable bonds is 6. The highest BCUT2D eigenvalue weighted by Crippen LogP contribution is 2.34. The third-order valence-corrected chi connectivity index (χ3v) is 7.15. The first-order chi connectivity index (χ1) is 19.5. The van der Waals surface area contributed by atoms with E-state index in [1.54, 1.807) is 36.0 Å². The van der Waals surface area contributed by atoms with Crippen LogP contribution in [0.1, 0.15) is 37.7 Å². The summed E-state index contributed by atoms with van der Waals surface area (Å²) >= 11 is 1.47. The fraction of sp³-hybridized carbons (Fsp3) is 0.233. The van der Waals surface area contributed by atoms with E-state index in [0.29, 0.717) is 39.9 Å². The number of benzene rings is 2. The van der Waals surface area contributed by atoms with Gasteiger partial charge in [-0.3, -0.25) is 10.1 Å². The minimum Gasteiger partial charge on any atom is -0.455 e. The van der Waals surface area contributed by atoms with E-state index in [-0.39, 0.29) is 11.0 Å². The molecular weight excluding hydrogens is 538 g/mol. The van der Waals surface area contributed by atoms with Crippen LogP contribution < -0.4 is 20.9 Å². The molecule has 0 atom stereocenters. The van der Waals surface area contributed by atoms with E-state index < -0.39 is 6.03 Å². The smallest absolute Gasteiger partial charge is 0.324 e. The van der Waals surface area contributed by atoms with Crippen LogP contribution in [0.15, 0.2) is 70.5 Å². The maximum Gasteiger partial charge on any atom is 0.324 e. The van der Waals surface area contributed by atoms with Gasteiger partial charge in [0.2, 0.25) is 0 Å². The number of aryl methyl sites for hydroxylation is 2. The first-order valence-electron chi connectivity index (χ1n) is 13.0. The van der Waals surface area contributed by atoms with Crippen molar-refractivity contribution in [1.82, 2.24) is 24.7 Å². The number of hydrogen-bond acceptors (Lipinski definition) is 7. The van der Waals surface area contributed by atoms with E-state index in [4.69, 9.17) is 9.84 Å². The monoisotopic (exact) mass is 569 g/mol. The van der Waals surface area contributed by atoms with Crippen molar-refractivity contribution >= 4 is 40.5 Å². The molecule has 3 N–H and O–H groups in total. The molecule has 10 nitrogen and oxygen atoms in total. The van der Waals surface area contributed by atoms with Crippen molar-refractivity contribution in [2.24, 2.45) is 0 Å². The average molecular weight is 570 g/mol. The fourth-order valence-corrected chi connectivity index (χ4v) is 4.66. The first kappa shape index (κ1) is 27.9. The molecule has 11 heteroatoms. The van der Waals surface area contributed by atoms with Crippen molar-refractivity contribution in [2.45, 2.75) is 44.9 Å². The van der Waals surface area contributed by atoms with Gasteiger partial charge in [0.05, 0.1) is 17.1 Å². The zero-order chi connectivity index (χ0) is 29.3. The molecule has 0 unspecified atom stereocenters. The maximum absolute atomic E-state index is 13.2. The Morgan fingerprint density at radius 2 is 1.78 bits per heavy atom. The van der Waals surface area contributed by atoms with E-state index in [1.165, 1.54) is 11.8 Å². The van der Waals surface area contributed by atoms with Crippen LogP contribution in [0.5, 0.6) is 11.5 Å².